The van der Waals surface area contributed by atoms with Crippen molar-refractivity contribution in [2.75, 3.05) is 6.26 Å². The molecule has 0 bridgehead atoms. The molecule has 0 heterocycles. The van der Waals surface area contributed by atoms with Crippen molar-refractivity contribution in [1.29, 1.82) is 0 Å². The summed E-state index contributed by atoms with van der Waals surface area (Å²) in [6.45, 7) is 0. The van der Waals surface area contributed by atoms with Gasteiger partial charge in [0.15, 0.2) is 5.75 Å². The summed E-state index contributed by atoms with van der Waals surface area (Å²) in [5, 5.41) is 0.329. The molecule has 0 N–H and O–H groups in total. The van der Waals surface area contributed by atoms with Crippen molar-refractivity contribution >= 4 is 33.3 Å². The molecule has 0 aliphatic rings. The minimum Gasteiger partial charge on any atom is -0.379 e. The zero-order valence-electron chi connectivity index (χ0n) is 6.62. The van der Waals surface area contributed by atoms with E-state index in [2.05, 4.69) is 4.18 Å². The number of rotatable bonds is 2. The molecule has 6 heteroatoms. The van der Waals surface area contributed by atoms with Gasteiger partial charge in [-0.2, -0.15) is 8.42 Å². The minimum atomic E-state index is -3.59. The van der Waals surface area contributed by atoms with E-state index >= 15 is 0 Å². The molecular weight excluding hydrogens is 235 g/mol. The van der Waals surface area contributed by atoms with Crippen LogP contribution in [0.25, 0.3) is 0 Å². The lowest BCUT2D eigenvalue weighted by atomic mass is 10.3. The van der Waals surface area contributed by atoms with E-state index in [1.54, 1.807) is 6.07 Å². The smallest absolute Gasteiger partial charge is 0.306 e. The van der Waals surface area contributed by atoms with Crippen molar-refractivity contribution in [3.8, 4) is 5.75 Å². The van der Waals surface area contributed by atoms with Gasteiger partial charge in [0, 0.05) is 0 Å². The summed E-state index contributed by atoms with van der Waals surface area (Å²) in [6.07, 6.45) is 0.923. The summed E-state index contributed by atoms with van der Waals surface area (Å²) in [5.41, 5.74) is 0. The molecule has 0 atom stereocenters. The predicted octanol–water partition coefficient (Wildman–Crippen LogP) is 2.33. The first-order valence-electron chi connectivity index (χ1n) is 3.23. The Bertz CT molecular complexity index is 393. The number of benzene rings is 1. The van der Waals surface area contributed by atoms with Crippen LogP contribution in [0.1, 0.15) is 0 Å². The van der Waals surface area contributed by atoms with Gasteiger partial charge in [0.25, 0.3) is 0 Å². The fourth-order valence-electron chi connectivity index (χ4n) is 0.714. The summed E-state index contributed by atoms with van der Waals surface area (Å²) in [7, 11) is -3.59. The first kappa shape index (κ1) is 10.6. The fourth-order valence-corrected chi connectivity index (χ4v) is 1.76. The van der Waals surface area contributed by atoms with Gasteiger partial charge in [-0.05, 0) is 12.1 Å². The average molecular weight is 241 g/mol. The third-order valence-corrected chi connectivity index (χ3v) is 2.22. The van der Waals surface area contributed by atoms with Gasteiger partial charge < -0.3 is 4.18 Å². The second kappa shape index (κ2) is 3.74. The van der Waals surface area contributed by atoms with E-state index in [1.807, 2.05) is 0 Å². The molecule has 0 saturated carbocycles. The molecule has 0 aromatic heterocycles. The van der Waals surface area contributed by atoms with Gasteiger partial charge in [-0.25, -0.2) is 0 Å². The molecule has 72 valence electrons. The second-order valence-electron chi connectivity index (χ2n) is 2.34. The third kappa shape index (κ3) is 3.06. The summed E-state index contributed by atoms with van der Waals surface area (Å²) >= 11 is 11.3. The quantitative estimate of drug-likeness (QED) is 0.746. The molecule has 13 heavy (non-hydrogen) atoms. The lowest BCUT2D eigenvalue weighted by molar-refractivity contribution is 0.493. The highest BCUT2D eigenvalue weighted by Gasteiger charge is 2.11. The van der Waals surface area contributed by atoms with Gasteiger partial charge >= 0.3 is 10.1 Å². The minimum absolute atomic E-state index is 0.0340. The van der Waals surface area contributed by atoms with Crippen LogP contribution in [0.2, 0.25) is 10.0 Å². The van der Waals surface area contributed by atoms with E-state index in [1.165, 1.54) is 12.1 Å². The van der Waals surface area contributed by atoms with E-state index < -0.39 is 10.1 Å². The van der Waals surface area contributed by atoms with Gasteiger partial charge in [-0.3, -0.25) is 0 Å². The van der Waals surface area contributed by atoms with Gasteiger partial charge in [0.1, 0.15) is 0 Å². The molecular formula is C7H6Cl2O3S. The highest BCUT2D eigenvalue weighted by molar-refractivity contribution is 7.86. The lowest BCUT2D eigenvalue weighted by Crippen LogP contribution is -2.06. The van der Waals surface area contributed by atoms with Crippen LogP contribution in [0, 0.1) is 0 Å². The maximum Gasteiger partial charge on any atom is 0.306 e. The standard InChI is InChI=1S/C7H6Cl2O3S/c1-13(10,11)12-7-5(8)3-2-4-6(7)9/h2-4H,1H3. The van der Waals surface area contributed by atoms with E-state index in [4.69, 9.17) is 23.2 Å². The Balaban J connectivity index is 3.15. The average Bonchev–Trinajstić information content (AvgIpc) is 1.95. The second-order valence-corrected chi connectivity index (χ2v) is 4.73. The first-order valence-corrected chi connectivity index (χ1v) is 5.81. The summed E-state index contributed by atoms with van der Waals surface area (Å²) in [5.74, 6) is -0.0340. The maximum absolute atomic E-state index is 10.8. The highest BCUT2D eigenvalue weighted by atomic mass is 35.5. The molecule has 0 saturated heterocycles. The van der Waals surface area contributed by atoms with Gasteiger partial charge in [0.05, 0.1) is 16.3 Å². The first-order chi connectivity index (χ1) is 5.90. The molecule has 1 rings (SSSR count). The van der Waals surface area contributed by atoms with Crippen LogP contribution >= 0.6 is 23.2 Å². The van der Waals surface area contributed by atoms with Crippen LogP contribution in [0.5, 0.6) is 5.75 Å². The molecule has 0 spiro atoms. The van der Waals surface area contributed by atoms with Crippen molar-refractivity contribution in [1.82, 2.24) is 0 Å². The Kier molecular flexibility index (Phi) is 3.05. The Morgan fingerprint density at radius 1 is 1.23 bits per heavy atom. The molecule has 3 nitrogen and oxygen atoms in total. The largest absolute Gasteiger partial charge is 0.379 e. The van der Waals surface area contributed by atoms with Crippen LogP contribution in [0.4, 0.5) is 0 Å². The number of para-hydroxylation sites is 1. The Morgan fingerprint density at radius 3 is 2.08 bits per heavy atom. The molecule has 0 radical (unpaired) electrons. The van der Waals surface area contributed by atoms with Crippen molar-refractivity contribution in [2.45, 2.75) is 0 Å². The Labute approximate surface area is 86.4 Å². The van der Waals surface area contributed by atoms with Gasteiger partial charge in [-0.1, -0.05) is 29.3 Å². The van der Waals surface area contributed by atoms with Crippen molar-refractivity contribution < 1.29 is 12.6 Å². The van der Waals surface area contributed by atoms with Gasteiger partial charge in [0.2, 0.25) is 0 Å². The number of hydrogen-bond acceptors (Lipinski definition) is 3. The lowest BCUT2D eigenvalue weighted by Gasteiger charge is -2.05. The van der Waals surface area contributed by atoms with E-state index in [0.29, 0.717) is 0 Å². The number of halogens is 2. The van der Waals surface area contributed by atoms with E-state index in [0.717, 1.165) is 6.26 Å². The molecule has 1 aromatic carbocycles. The predicted molar refractivity (Wildman–Crippen MR) is 51.9 cm³/mol. The normalized spacial score (nSPS) is 11.3. The van der Waals surface area contributed by atoms with Gasteiger partial charge in [-0.15, -0.1) is 0 Å². The molecule has 0 unspecified atom stereocenters. The van der Waals surface area contributed by atoms with E-state index in [9.17, 15) is 8.42 Å². The highest BCUT2D eigenvalue weighted by Crippen LogP contribution is 2.32. The molecule has 0 amide bonds. The third-order valence-electron chi connectivity index (χ3n) is 1.15. The van der Waals surface area contributed by atoms with E-state index in [-0.39, 0.29) is 15.8 Å². The Hall–Kier alpha value is -0.450. The van der Waals surface area contributed by atoms with Crippen LogP contribution in [0.3, 0.4) is 0 Å². The monoisotopic (exact) mass is 240 g/mol. The molecule has 0 aliphatic carbocycles. The SMILES string of the molecule is CS(=O)(=O)Oc1c(Cl)cccc1Cl. The van der Waals surface area contributed by atoms with Crippen LogP contribution < -0.4 is 4.18 Å². The van der Waals surface area contributed by atoms with Crippen molar-refractivity contribution in [2.24, 2.45) is 0 Å². The summed E-state index contributed by atoms with van der Waals surface area (Å²) in [4.78, 5) is 0. The number of hydrogen-bond donors (Lipinski definition) is 0. The zero-order chi connectivity index (χ0) is 10.1. The van der Waals surface area contributed by atoms with Crippen molar-refractivity contribution in [3.63, 3.8) is 0 Å². The molecule has 0 fully saturated rings. The maximum atomic E-state index is 10.8. The summed E-state index contributed by atoms with van der Waals surface area (Å²) < 4.78 is 26.1. The topological polar surface area (TPSA) is 43.4 Å². The molecule has 0 aliphatic heterocycles. The van der Waals surface area contributed by atoms with Crippen LogP contribution in [0.15, 0.2) is 18.2 Å². The van der Waals surface area contributed by atoms with Crippen molar-refractivity contribution in [3.05, 3.63) is 28.2 Å². The zero-order valence-corrected chi connectivity index (χ0v) is 8.95. The van der Waals surface area contributed by atoms with Crippen LogP contribution in [-0.4, -0.2) is 14.7 Å². The Morgan fingerprint density at radius 2 is 1.69 bits per heavy atom. The van der Waals surface area contributed by atoms with Crippen LogP contribution in [-0.2, 0) is 10.1 Å². The molecule has 1 aromatic rings. The summed E-state index contributed by atoms with van der Waals surface area (Å²) in [6, 6.07) is 4.59. The fraction of sp³-hybridized carbons (Fsp3) is 0.143.